The van der Waals surface area contributed by atoms with Gasteiger partial charge in [-0.2, -0.15) is 0 Å². The minimum atomic E-state index is -1.75. The SMILES string of the molecule is CC1C(C(F)C(=O)O)CCN1Cc1ccccc1. The van der Waals surface area contributed by atoms with Gasteiger partial charge in [-0.3, -0.25) is 4.90 Å². The molecule has 0 saturated carbocycles. The predicted molar refractivity (Wildman–Crippen MR) is 67.0 cm³/mol. The molecule has 1 fully saturated rings. The highest BCUT2D eigenvalue weighted by Gasteiger charge is 2.39. The molecule has 1 saturated heterocycles. The minimum absolute atomic E-state index is 0.0312. The van der Waals surface area contributed by atoms with Crippen LogP contribution in [0, 0.1) is 5.92 Å². The lowest BCUT2D eigenvalue weighted by atomic mass is 9.96. The molecule has 18 heavy (non-hydrogen) atoms. The standard InChI is InChI=1S/C14H18FNO2/c1-10-12(13(15)14(17)18)7-8-16(10)9-11-5-3-2-4-6-11/h2-6,10,12-13H,7-9H2,1H3,(H,17,18). The van der Waals surface area contributed by atoms with E-state index >= 15 is 0 Å². The van der Waals surface area contributed by atoms with Gasteiger partial charge in [0.15, 0.2) is 0 Å². The number of benzene rings is 1. The predicted octanol–water partition coefficient (Wildman–Crippen LogP) is 2.32. The highest BCUT2D eigenvalue weighted by molar-refractivity contribution is 5.72. The average Bonchev–Trinajstić information content (AvgIpc) is 2.71. The Morgan fingerprint density at radius 3 is 2.78 bits per heavy atom. The van der Waals surface area contributed by atoms with E-state index in [1.165, 1.54) is 5.56 Å². The van der Waals surface area contributed by atoms with E-state index in [-0.39, 0.29) is 6.04 Å². The van der Waals surface area contributed by atoms with Crippen LogP contribution in [-0.2, 0) is 11.3 Å². The molecule has 1 aromatic rings. The quantitative estimate of drug-likeness (QED) is 0.892. The van der Waals surface area contributed by atoms with Crippen LogP contribution in [0.15, 0.2) is 30.3 Å². The Kier molecular flexibility index (Phi) is 3.97. The van der Waals surface area contributed by atoms with E-state index < -0.39 is 18.1 Å². The fourth-order valence-corrected chi connectivity index (χ4v) is 2.65. The molecule has 3 unspecified atom stereocenters. The van der Waals surface area contributed by atoms with Crippen LogP contribution in [0.25, 0.3) is 0 Å². The highest BCUT2D eigenvalue weighted by atomic mass is 19.1. The molecule has 3 atom stereocenters. The van der Waals surface area contributed by atoms with Crippen molar-refractivity contribution in [2.24, 2.45) is 5.92 Å². The number of carbonyl (C=O) groups is 1. The summed E-state index contributed by atoms with van der Waals surface area (Å²) in [6, 6.07) is 9.94. The van der Waals surface area contributed by atoms with Crippen LogP contribution >= 0.6 is 0 Å². The first-order chi connectivity index (χ1) is 8.59. The number of likely N-dealkylation sites (tertiary alicyclic amines) is 1. The van der Waals surface area contributed by atoms with Gasteiger partial charge in [0.25, 0.3) is 0 Å². The maximum absolute atomic E-state index is 13.6. The smallest absolute Gasteiger partial charge is 0.338 e. The molecule has 1 heterocycles. The van der Waals surface area contributed by atoms with Crippen molar-refractivity contribution in [3.05, 3.63) is 35.9 Å². The van der Waals surface area contributed by atoms with E-state index in [9.17, 15) is 9.18 Å². The Labute approximate surface area is 106 Å². The van der Waals surface area contributed by atoms with Crippen molar-refractivity contribution in [1.29, 1.82) is 0 Å². The van der Waals surface area contributed by atoms with Gasteiger partial charge in [0.2, 0.25) is 6.17 Å². The molecular formula is C14H18FNO2. The van der Waals surface area contributed by atoms with Gasteiger partial charge in [-0.15, -0.1) is 0 Å². The number of hydrogen-bond acceptors (Lipinski definition) is 2. The van der Waals surface area contributed by atoms with E-state index in [1.54, 1.807) is 0 Å². The van der Waals surface area contributed by atoms with E-state index in [1.807, 2.05) is 37.3 Å². The van der Waals surface area contributed by atoms with Gasteiger partial charge in [-0.05, 0) is 25.5 Å². The maximum atomic E-state index is 13.6. The number of hydrogen-bond donors (Lipinski definition) is 1. The molecular weight excluding hydrogens is 233 g/mol. The topological polar surface area (TPSA) is 40.5 Å². The van der Waals surface area contributed by atoms with Crippen molar-refractivity contribution >= 4 is 5.97 Å². The molecule has 98 valence electrons. The number of halogens is 1. The van der Waals surface area contributed by atoms with Gasteiger partial charge in [-0.25, -0.2) is 9.18 Å². The fourth-order valence-electron chi connectivity index (χ4n) is 2.65. The van der Waals surface area contributed by atoms with Gasteiger partial charge in [0.05, 0.1) is 0 Å². The second-order valence-corrected chi connectivity index (χ2v) is 4.89. The normalized spacial score (nSPS) is 26.1. The lowest BCUT2D eigenvalue weighted by molar-refractivity contribution is -0.145. The lowest BCUT2D eigenvalue weighted by Gasteiger charge is -2.25. The number of aliphatic carboxylic acids is 1. The van der Waals surface area contributed by atoms with Crippen LogP contribution in [0.2, 0.25) is 0 Å². The first-order valence-electron chi connectivity index (χ1n) is 6.24. The molecule has 1 aliphatic rings. The molecule has 3 nitrogen and oxygen atoms in total. The molecule has 4 heteroatoms. The molecule has 0 aliphatic carbocycles. The van der Waals surface area contributed by atoms with Crippen LogP contribution in [0.4, 0.5) is 4.39 Å². The Balaban J connectivity index is 1.99. The largest absolute Gasteiger partial charge is 0.479 e. The van der Waals surface area contributed by atoms with E-state index in [2.05, 4.69) is 4.90 Å². The molecule has 0 radical (unpaired) electrons. The minimum Gasteiger partial charge on any atom is -0.479 e. The summed E-state index contributed by atoms with van der Waals surface area (Å²) in [5.74, 6) is -1.74. The average molecular weight is 251 g/mol. The monoisotopic (exact) mass is 251 g/mol. The summed E-state index contributed by atoms with van der Waals surface area (Å²) in [5, 5.41) is 8.74. The summed E-state index contributed by atoms with van der Waals surface area (Å²) in [5.41, 5.74) is 1.18. The molecule has 0 spiro atoms. The number of nitrogens with zero attached hydrogens (tertiary/aromatic N) is 1. The molecule has 1 N–H and O–H groups in total. The Hall–Kier alpha value is -1.42. The highest BCUT2D eigenvalue weighted by Crippen LogP contribution is 2.30. The van der Waals surface area contributed by atoms with Gasteiger partial charge < -0.3 is 5.11 Å². The van der Waals surface area contributed by atoms with Crippen molar-refractivity contribution in [2.75, 3.05) is 6.54 Å². The van der Waals surface area contributed by atoms with E-state index in [4.69, 9.17) is 5.11 Å². The van der Waals surface area contributed by atoms with Gasteiger partial charge >= 0.3 is 5.97 Å². The van der Waals surface area contributed by atoms with Crippen molar-refractivity contribution in [2.45, 2.75) is 32.1 Å². The Bertz CT molecular complexity index is 410. The summed E-state index contributed by atoms with van der Waals surface area (Å²) in [6.07, 6.45) is -1.14. The molecule has 0 amide bonds. The van der Waals surface area contributed by atoms with Crippen molar-refractivity contribution < 1.29 is 14.3 Å². The molecule has 2 rings (SSSR count). The second-order valence-electron chi connectivity index (χ2n) is 4.89. The van der Waals surface area contributed by atoms with Crippen molar-refractivity contribution in [1.82, 2.24) is 4.90 Å². The van der Waals surface area contributed by atoms with Crippen LogP contribution in [0.3, 0.4) is 0 Å². The van der Waals surface area contributed by atoms with Crippen LogP contribution in [0.5, 0.6) is 0 Å². The van der Waals surface area contributed by atoms with Crippen molar-refractivity contribution in [3.63, 3.8) is 0 Å². The van der Waals surface area contributed by atoms with E-state index in [0.29, 0.717) is 6.42 Å². The molecule has 1 aliphatic heterocycles. The third-order valence-corrected chi connectivity index (χ3v) is 3.79. The molecule has 0 bridgehead atoms. The number of rotatable bonds is 4. The molecule has 0 aromatic heterocycles. The first kappa shape index (κ1) is 13.0. The van der Waals surface area contributed by atoms with Gasteiger partial charge in [0, 0.05) is 18.5 Å². The first-order valence-corrected chi connectivity index (χ1v) is 6.24. The van der Waals surface area contributed by atoms with Crippen molar-refractivity contribution in [3.8, 4) is 0 Å². The third-order valence-electron chi connectivity index (χ3n) is 3.79. The number of carboxylic acids is 1. The van der Waals surface area contributed by atoms with Gasteiger partial charge in [0.1, 0.15) is 0 Å². The van der Waals surface area contributed by atoms with Crippen LogP contribution < -0.4 is 0 Å². The summed E-state index contributed by atoms with van der Waals surface area (Å²) in [7, 11) is 0. The summed E-state index contributed by atoms with van der Waals surface area (Å²) < 4.78 is 13.6. The summed E-state index contributed by atoms with van der Waals surface area (Å²) in [6.45, 7) is 3.43. The third kappa shape index (κ3) is 2.70. The van der Waals surface area contributed by atoms with E-state index in [0.717, 1.165) is 13.1 Å². The number of alkyl halides is 1. The zero-order chi connectivity index (χ0) is 13.1. The van der Waals surface area contributed by atoms with Crippen LogP contribution in [-0.4, -0.2) is 34.7 Å². The maximum Gasteiger partial charge on any atom is 0.338 e. The Morgan fingerprint density at radius 2 is 2.17 bits per heavy atom. The van der Waals surface area contributed by atoms with Crippen LogP contribution in [0.1, 0.15) is 18.9 Å². The second kappa shape index (κ2) is 5.48. The zero-order valence-electron chi connectivity index (χ0n) is 10.4. The summed E-state index contributed by atoms with van der Waals surface area (Å²) in [4.78, 5) is 12.9. The summed E-state index contributed by atoms with van der Waals surface area (Å²) >= 11 is 0. The van der Waals surface area contributed by atoms with Gasteiger partial charge in [-0.1, -0.05) is 30.3 Å². The lowest BCUT2D eigenvalue weighted by Crippen LogP contribution is -2.36. The Morgan fingerprint density at radius 1 is 1.50 bits per heavy atom. The molecule has 1 aromatic carbocycles. The number of carboxylic acid groups (broad SMARTS) is 1. The zero-order valence-corrected chi connectivity index (χ0v) is 10.4. The fraction of sp³-hybridized carbons (Fsp3) is 0.500.